The molecule has 178 valence electrons. The number of tetrazole rings is 1. The van der Waals surface area contributed by atoms with Crippen LogP contribution in [0.4, 0.5) is 4.39 Å². The van der Waals surface area contributed by atoms with Crippen LogP contribution < -0.4 is 4.74 Å². The topological polar surface area (TPSA) is 56.1 Å². The van der Waals surface area contributed by atoms with Crippen LogP contribution in [0.15, 0.2) is 78.9 Å². The molecule has 1 aliphatic rings. The van der Waals surface area contributed by atoms with Crippen LogP contribution in [0.25, 0.3) is 5.57 Å². The van der Waals surface area contributed by atoms with Crippen molar-refractivity contribution in [2.75, 3.05) is 20.2 Å². The van der Waals surface area contributed by atoms with Gasteiger partial charge in [-0.05, 0) is 70.3 Å². The maximum atomic E-state index is 13.4. The van der Waals surface area contributed by atoms with E-state index in [4.69, 9.17) is 4.74 Å². The van der Waals surface area contributed by atoms with Crippen LogP contribution in [0.5, 0.6) is 5.75 Å². The molecule has 0 saturated carbocycles. The highest BCUT2D eigenvalue weighted by atomic mass is 19.1. The molecule has 5 rings (SSSR count). The van der Waals surface area contributed by atoms with Crippen molar-refractivity contribution in [2.45, 2.75) is 25.9 Å². The van der Waals surface area contributed by atoms with Gasteiger partial charge in [0, 0.05) is 13.1 Å². The molecule has 1 aliphatic heterocycles. The quantitative estimate of drug-likeness (QED) is 0.379. The Bertz CT molecular complexity index is 1300. The third kappa shape index (κ3) is 5.15. The summed E-state index contributed by atoms with van der Waals surface area (Å²) >= 11 is 0. The Morgan fingerprint density at radius 3 is 2.37 bits per heavy atom. The first-order valence-electron chi connectivity index (χ1n) is 11.8. The van der Waals surface area contributed by atoms with Gasteiger partial charge >= 0.3 is 0 Å². The Morgan fingerprint density at radius 1 is 0.971 bits per heavy atom. The smallest absolute Gasteiger partial charge is 0.173 e. The first kappa shape index (κ1) is 22.9. The fourth-order valence-electron chi connectivity index (χ4n) is 4.54. The molecule has 0 radical (unpaired) electrons. The van der Waals surface area contributed by atoms with Crippen molar-refractivity contribution in [3.63, 3.8) is 0 Å². The van der Waals surface area contributed by atoms with Crippen molar-refractivity contribution in [1.82, 2.24) is 25.1 Å². The van der Waals surface area contributed by atoms with Crippen molar-refractivity contribution < 1.29 is 9.13 Å². The lowest BCUT2D eigenvalue weighted by atomic mass is 9.96. The second kappa shape index (κ2) is 10.2. The first-order valence-corrected chi connectivity index (χ1v) is 11.8. The van der Waals surface area contributed by atoms with E-state index in [9.17, 15) is 4.39 Å². The Balaban J connectivity index is 1.45. The van der Waals surface area contributed by atoms with Gasteiger partial charge in [-0.1, -0.05) is 60.2 Å². The van der Waals surface area contributed by atoms with E-state index in [1.165, 1.54) is 23.3 Å². The third-order valence-electron chi connectivity index (χ3n) is 6.51. The summed E-state index contributed by atoms with van der Waals surface area (Å²) in [7, 11) is 1.66. The van der Waals surface area contributed by atoms with Crippen LogP contribution in [-0.4, -0.2) is 45.3 Å². The number of rotatable bonds is 7. The lowest BCUT2D eigenvalue weighted by molar-refractivity contribution is 0.235. The minimum absolute atomic E-state index is 0.0881. The minimum Gasteiger partial charge on any atom is -0.497 e. The highest BCUT2D eigenvalue weighted by molar-refractivity contribution is 5.66. The Labute approximate surface area is 204 Å². The number of halogens is 1. The average Bonchev–Trinajstić information content (AvgIpc) is 3.34. The Hall–Kier alpha value is -3.84. The maximum absolute atomic E-state index is 13.4. The Kier molecular flexibility index (Phi) is 6.68. The number of aromatic nitrogens is 4. The van der Waals surface area contributed by atoms with Crippen LogP contribution in [0, 0.1) is 12.7 Å². The highest BCUT2D eigenvalue weighted by Gasteiger charge is 2.29. The molecule has 0 saturated heterocycles. The van der Waals surface area contributed by atoms with E-state index in [0.29, 0.717) is 6.54 Å². The van der Waals surface area contributed by atoms with Crippen molar-refractivity contribution >= 4 is 5.57 Å². The van der Waals surface area contributed by atoms with E-state index in [1.807, 2.05) is 41.1 Å². The molecule has 0 aliphatic carbocycles. The van der Waals surface area contributed by atoms with Crippen LogP contribution >= 0.6 is 0 Å². The molecule has 1 atom stereocenters. The predicted octanol–water partition coefficient (Wildman–Crippen LogP) is 5.06. The summed E-state index contributed by atoms with van der Waals surface area (Å²) in [5.74, 6) is 1.42. The van der Waals surface area contributed by atoms with Crippen molar-refractivity contribution in [2.24, 2.45) is 0 Å². The molecule has 0 fully saturated rings. The SMILES string of the molecule is COc1ccc(Cn2nnnc2[C@@H](c2ccc(C)cc2)N2CC=C(c3ccc(F)cc3)CC2)cc1. The highest BCUT2D eigenvalue weighted by Crippen LogP contribution is 2.32. The largest absolute Gasteiger partial charge is 0.497 e. The first-order chi connectivity index (χ1) is 17.1. The monoisotopic (exact) mass is 469 g/mol. The zero-order valence-electron chi connectivity index (χ0n) is 19.9. The molecule has 0 N–H and O–H groups in total. The molecule has 0 unspecified atom stereocenters. The molecule has 0 amide bonds. The van der Waals surface area contributed by atoms with E-state index >= 15 is 0 Å². The summed E-state index contributed by atoms with van der Waals surface area (Å²) in [6, 6.07) is 23.2. The number of aryl methyl sites for hydroxylation is 1. The van der Waals surface area contributed by atoms with Gasteiger partial charge < -0.3 is 4.74 Å². The molecular weight excluding hydrogens is 441 g/mol. The summed E-state index contributed by atoms with van der Waals surface area (Å²) in [5.41, 5.74) is 5.77. The summed E-state index contributed by atoms with van der Waals surface area (Å²) in [5, 5.41) is 12.9. The maximum Gasteiger partial charge on any atom is 0.173 e. The molecule has 7 heteroatoms. The van der Waals surface area contributed by atoms with Gasteiger partial charge in [0.05, 0.1) is 19.7 Å². The van der Waals surface area contributed by atoms with Gasteiger partial charge in [0.15, 0.2) is 5.82 Å². The fraction of sp³-hybridized carbons (Fsp3) is 0.250. The summed E-state index contributed by atoms with van der Waals surface area (Å²) in [4.78, 5) is 2.40. The molecule has 3 aromatic carbocycles. The minimum atomic E-state index is -0.213. The third-order valence-corrected chi connectivity index (χ3v) is 6.51. The number of methoxy groups -OCH3 is 1. The van der Waals surface area contributed by atoms with E-state index in [0.717, 1.165) is 47.8 Å². The number of hydrogen-bond acceptors (Lipinski definition) is 5. The second-order valence-corrected chi connectivity index (χ2v) is 8.84. The average molecular weight is 470 g/mol. The van der Waals surface area contributed by atoms with E-state index in [-0.39, 0.29) is 11.9 Å². The lowest BCUT2D eigenvalue weighted by Crippen LogP contribution is -2.35. The molecule has 6 nitrogen and oxygen atoms in total. The van der Waals surface area contributed by atoms with Crippen molar-refractivity contribution in [3.05, 3.63) is 113 Å². The van der Waals surface area contributed by atoms with Crippen LogP contribution in [0.1, 0.15) is 40.5 Å². The standard InChI is InChI=1S/C28H28FN5O/c1-20-3-7-24(8-4-20)27(33-17-15-23(16-18-33)22-9-11-25(29)12-10-22)28-30-31-32-34(28)19-21-5-13-26(35-2)14-6-21/h3-15,27H,16-19H2,1-2H3/t27-/m1/s1. The summed E-state index contributed by atoms with van der Waals surface area (Å²) in [6.07, 6.45) is 3.10. The number of nitrogens with zero attached hydrogens (tertiary/aromatic N) is 5. The summed E-state index contributed by atoms with van der Waals surface area (Å²) in [6.45, 7) is 4.25. The van der Waals surface area contributed by atoms with Gasteiger partial charge in [0.25, 0.3) is 0 Å². The number of benzene rings is 3. The van der Waals surface area contributed by atoms with Gasteiger partial charge in [-0.3, -0.25) is 4.90 Å². The van der Waals surface area contributed by atoms with E-state index in [1.54, 1.807) is 7.11 Å². The molecule has 35 heavy (non-hydrogen) atoms. The van der Waals surface area contributed by atoms with Crippen LogP contribution in [0.3, 0.4) is 0 Å². The van der Waals surface area contributed by atoms with E-state index in [2.05, 4.69) is 57.7 Å². The second-order valence-electron chi connectivity index (χ2n) is 8.84. The number of hydrogen-bond donors (Lipinski definition) is 0. The van der Waals surface area contributed by atoms with Gasteiger partial charge in [-0.15, -0.1) is 5.10 Å². The van der Waals surface area contributed by atoms with Crippen LogP contribution in [0.2, 0.25) is 0 Å². The Morgan fingerprint density at radius 2 is 1.71 bits per heavy atom. The van der Waals surface area contributed by atoms with Gasteiger partial charge in [-0.25, -0.2) is 9.07 Å². The van der Waals surface area contributed by atoms with Crippen molar-refractivity contribution in [1.29, 1.82) is 0 Å². The van der Waals surface area contributed by atoms with E-state index < -0.39 is 0 Å². The zero-order valence-corrected chi connectivity index (χ0v) is 19.9. The van der Waals surface area contributed by atoms with Crippen molar-refractivity contribution in [3.8, 4) is 5.75 Å². The van der Waals surface area contributed by atoms with Crippen LogP contribution in [-0.2, 0) is 6.54 Å². The van der Waals surface area contributed by atoms with Gasteiger partial charge in [-0.2, -0.15) is 0 Å². The molecule has 1 aromatic heterocycles. The van der Waals surface area contributed by atoms with Gasteiger partial charge in [0.1, 0.15) is 11.6 Å². The molecule has 0 bridgehead atoms. The molecule has 2 heterocycles. The van der Waals surface area contributed by atoms with Gasteiger partial charge in [0.2, 0.25) is 0 Å². The molecule has 0 spiro atoms. The fourth-order valence-corrected chi connectivity index (χ4v) is 4.54. The lowest BCUT2D eigenvalue weighted by Gasteiger charge is -2.33. The zero-order chi connectivity index (χ0) is 24.2. The molecule has 4 aromatic rings. The number of ether oxygens (including phenoxy) is 1. The molecular formula is C28H28FN5O. The predicted molar refractivity (Wildman–Crippen MR) is 134 cm³/mol. The normalized spacial score (nSPS) is 15.0. The summed E-state index contributed by atoms with van der Waals surface area (Å²) < 4.78 is 20.5.